The maximum Gasteiger partial charge on any atom is 0.164 e. The standard InChI is InChI=1S/C59H34N4OS/c1-3-16-35(17-4-1)55-44-34-53-48(59(47-26-12-14-29-52(47)65-53)45-24-10-7-20-38(45)39-21-8-11-25-46(39)59)33-42(44)43-32-37(30-31-49(43)60-55)57-61-56(36-18-5-2-6-19-36)62-58(63-57)41-23-15-28-51-54(41)40-22-9-13-27-50(40)64-51/h1-34H. The minimum absolute atomic E-state index is 0.523. The summed E-state index contributed by atoms with van der Waals surface area (Å²) < 4.78 is 6.33. The summed E-state index contributed by atoms with van der Waals surface area (Å²) in [6, 6.07) is 73.3. The molecule has 3 aromatic heterocycles. The lowest BCUT2D eigenvalue weighted by atomic mass is 9.67. The Hall–Kier alpha value is -8.19. The van der Waals surface area contributed by atoms with E-state index in [4.69, 9.17) is 24.4 Å². The van der Waals surface area contributed by atoms with Gasteiger partial charge < -0.3 is 4.42 Å². The Morgan fingerprint density at radius 3 is 1.75 bits per heavy atom. The molecule has 4 heterocycles. The molecular formula is C59H34N4OS. The predicted octanol–water partition coefficient (Wildman–Crippen LogP) is 15.0. The van der Waals surface area contributed by atoms with E-state index < -0.39 is 5.41 Å². The van der Waals surface area contributed by atoms with Gasteiger partial charge in [-0.3, -0.25) is 0 Å². The average Bonchev–Trinajstić information content (AvgIpc) is 3.90. The number of furan rings is 1. The fourth-order valence-corrected chi connectivity index (χ4v) is 11.8. The maximum atomic E-state index is 6.33. The normalized spacial score (nSPS) is 13.3. The zero-order valence-electron chi connectivity index (χ0n) is 34.7. The van der Waals surface area contributed by atoms with E-state index in [-0.39, 0.29) is 0 Å². The molecule has 2 aliphatic rings. The average molecular weight is 847 g/mol. The summed E-state index contributed by atoms with van der Waals surface area (Å²) in [6.07, 6.45) is 0. The molecular weight excluding hydrogens is 813 g/mol. The number of hydrogen-bond donors (Lipinski definition) is 0. The minimum atomic E-state index is -0.523. The lowest BCUT2D eigenvalue weighted by Gasteiger charge is -2.40. The first-order chi connectivity index (χ1) is 32.2. The molecule has 302 valence electrons. The van der Waals surface area contributed by atoms with Gasteiger partial charge in [0.05, 0.1) is 16.6 Å². The molecule has 65 heavy (non-hydrogen) atoms. The fourth-order valence-electron chi connectivity index (χ4n) is 10.6. The van der Waals surface area contributed by atoms with Crippen molar-refractivity contribution in [2.45, 2.75) is 15.2 Å². The first-order valence-corrected chi connectivity index (χ1v) is 22.7. The van der Waals surface area contributed by atoms with Crippen molar-refractivity contribution in [3.8, 4) is 56.5 Å². The fraction of sp³-hybridized carbons (Fsp3) is 0.0169. The first-order valence-electron chi connectivity index (χ1n) is 21.9. The molecule has 5 nitrogen and oxygen atoms in total. The highest BCUT2D eigenvalue weighted by Gasteiger charge is 2.50. The van der Waals surface area contributed by atoms with Crippen LogP contribution in [0.15, 0.2) is 220 Å². The highest BCUT2D eigenvalue weighted by Crippen LogP contribution is 2.62. The summed E-state index contributed by atoms with van der Waals surface area (Å²) in [7, 11) is 0. The number of fused-ring (bicyclic) bond motifs is 15. The van der Waals surface area contributed by atoms with Crippen LogP contribution in [0.2, 0.25) is 0 Å². The van der Waals surface area contributed by atoms with Crippen molar-refractivity contribution in [1.82, 2.24) is 19.9 Å². The number of para-hydroxylation sites is 1. The van der Waals surface area contributed by atoms with Crippen molar-refractivity contribution in [3.05, 3.63) is 229 Å². The van der Waals surface area contributed by atoms with Crippen molar-refractivity contribution in [2.24, 2.45) is 0 Å². The molecule has 14 rings (SSSR count). The number of pyridine rings is 1. The van der Waals surface area contributed by atoms with Gasteiger partial charge in [-0.05, 0) is 87.3 Å². The topological polar surface area (TPSA) is 64.7 Å². The maximum absolute atomic E-state index is 6.33. The van der Waals surface area contributed by atoms with Crippen LogP contribution in [0.5, 0.6) is 0 Å². The zero-order chi connectivity index (χ0) is 42.6. The molecule has 1 spiro atoms. The molecule has 0 atom stereocenters. The van der Waals surface area contributed by atoms with Crippen molar-refractivity contribution >= 4 is 55.4 Å². The Morgan fingerprint density at radius 1 is 0.354 bits per heavy atom. The largest absolute Gasteiger partial charge is 0.456 e. The van der Waals surface area contributed by atoms with Gasteiger partial charge in [-0.15, -0.1) is 0 Å². The number of aromatic nitrogens is 4. The molecule has 0 bridgehead atoms. The third kappa shape index (κ3) is 5.29. The van der Waals surface area contributed by atoms with Crippen LogP contribution in [0.4, 0.5) is 0 Å². The summed E-state index contributed by atoms with van der Waals surface area (Å²) in [5, 5.41) is 5.26. The molecule has 9 aromatic carbocycles. The monoisotopic (exact) mass is 846 g/mol. The Balaban J connectivity index is 1.06. The van der Waals surface area contributed by atoms with E-state index in [1.54, 1.807) is 0 Å². The van der Waals surface area contributed by atoms with Crippen molar-refractivity contribution in [2.75, 3.05) is 0 Å². The van der Waals surface area contributed by atoms with Gasteiger partial charge in [-0.25, -0.2) is 19.9 Å². The molecule has 1 aliphatic carbocycles. The van der Waals surface area contributed by atoms with Gasteiger partial charge in [0.1, 0.15) is 11.2 Å². The van der Waals surface area contributed by atoms with Crippen LogP contribution in [-0.2, 0) is 5.41 Å². The lowest BCUT2D eigenvalue weighted by molar-refractivity contribution is 0.669. The molecule has 1 aliphatic heterocycles. The number of nitrogens with zero attached hydrogens (tertiary/aromatic N) is 4. The molecule has 0 amide bonds. The highest BCUT2D eigenvalue weighted by molar-refractivity contribution is 7.99. The zero-order valence-corrected chi connectivity index (χ0v) is 35.6. The van der Waals surface area contributed by atoms with Crippen LogP contribution in [0.25, 0.3) is 100 Å². The second kappa shape index (κ2) is 13.9. The third-order valence-corrected chi connectivity index (χ3v) is 14.5. The van der Waals surface area contributed by atoms with Gasteiger partial charge in [0, 0.05) is 53.6 Å². The van der Waals surface area contributed by atoms with E-state index >= 15 is 0 Å². The highest BCUT2D eigenvalue weighted by atomic mass is 32.2. The van der Waals surface area contributed by atoms with Gasteiger partial charge in [-0.2, -0.15) is 0 Å². The summed E-state index contributed by atoms with van der Waals surface area (Å²) in [5.74, 6) is 1.76. The van der Waals surface area contributed by atoms with Crippen molar-refractivity contribution < 1.29 is 4.42 Å². The number of rotatable bonds is 4. The lowest BCUT2D eigenvalue weighted by Crippen LogP contribution is -2.32. The van der Waals surface area contributed by atoms with E-state index in [2.05, 4.69) is 146 Å². The van der Waals surface area contributed by atoms with Crippen molar-refractivity contribution in [1.29, 1.82) is 0 Å². The Kier molecular flexibility index (Phi) is 7.77. The predicted molar refractivity (Wildman–Crippen MR) is 263 cm³/mol. The molecule has 0 saturated carbocycles. The molecule has 0 saturated heterocycles. The molecule has 6 heteroatoms. The molecule has 0 unspecified atom stereocenters. The van der Waals surface area contributed by atoms with Crippen LogP contribution < -0.4 is 0 Å². The SMILES string of the molecule is c1ccc(-c2nc(-c3ccc4nc(-c5ccccc5)c5cc6c(cc5c4c3)C3(c4ccccc4S6)c4ccccc4-c4ccccc43)nc(-c3cccc4oc5ccccc5c34)n2)cc1. The molecule has 12 aromatic rings. The van der Waals surface area contributed by atoms with E-state index in [1.165, 1.54) is 43.2 Å². The van der Waals surface area contributed by atoms with Crippen LogP contribution >= 0.6 is 11.8 Å². The van der Waals surface area contributed by atoms with E-state index in [0.717, 1.165) is 71.6 Å². The summed E-state index contributed by atoms with van der Waals surface area (Å²) in [5.41, 5.74) is 14.5. The Morgan fingerprint density at radius 2 is 0.969 bits per heavy atom. The van der Waals surface area contributed by atoms with E-state index in [1.807, 2.05) is 72.4 Å². The Bertz CT molecular complexity index is 3890. The van der Waals surface area contributed by atoms with Crippen LogP contribution in [0, 0.1) is 0 Å². The number of hydrogen-bond acceptors (Lipinski definition) is 6. The van der Waals surface area contributed by atoms with E-state index in [9.17, 15) is 0 Å². The summed E-state index contributed by atoms with van der Waals surface area (Å²) in [4.78, 5) is 23.7. The molecule has 0 radical (unpaired) electrons. The van der Waals surface area contributed by atoms with Crippen molar-refractivity contribution in [3.63, 3.8) is 0 Å². The second-order valence-corrected chi connectivity index (χ2v) is 17.9. The summed E-state index contributed by atoms with van der Waals surface area (Å²) in [6.45, 7) is 0. The van der Waals surface area contributed by atoms with Crippen LogP contribution in [0.3, 0.4) is 0 Å². The van der Waals surface area contributed by atoms with Gasteiger partial charge >= 0.3 is 0 Å². The molecule has 0 N–H and O–H groups in total. The van der Waals surface area contributed by atoms with E-state index in [0.29, 0.717) is 17.5 Å². The second-order valence-electron chi connectivity index (χ2n) is 16.8. The Labute approximate surface area is 378 Å². The van der Waals surface area contributed by atoms with Gasteiger partial charge in [0.15, 0.2) is 17.5 Å². The summed E-state index contributed by atoms with van der Waals surface area (Å²) >= 11 is 1.86. The van der Waals surface area contributed by atoms with Gasteiger partial charge in [0.25, 0.3) is 0 Å². The van der Waals surface area contributed by atoms with Gasteiger partial charge in [-0.1, -0.05) is 169 Å². The van der Waals surface area contributed by atoms with Gasteiger partial charge in [0.2, 0.25) is 0 Å². The first kappa shape index (κ1) is 36.3. The molecule has 0 fully saturated rings. The quantitative estimate of drug-likeness (QED) is 0.164. The minimum Gasteiger partial charge on any atom is -0.456 e. The smallest absolute Gasteiger partial charge is 0.164 e. The van der Waals surface area contributed by atoms with Crippen LogP contribution in [0.1, 0.15) is 22.3 Å². The van der Waals surface area contributed by atoms with Crippen LogP contribution in [-0.4, -0.2) is 19.9 Å². The number of benzene rings is 9. The third-order valence-electron chi connectivity index (χ3n) is 13.4.